The van der Waals surface area contributed by atoms with Crippen LogP contribution in [0.5, 0.6) is 0 Å². The number of thiocarbonyl (C=S) groups is 1. The van der Waals surface area contributed by atoms with Gasteiger partial charge in [-0.25, -0.2) is 0 Å². The SMILES string of the molecule is CCCCCCCCCCCCC(=S)O[C@@H]1[C@H]([C@H](O)CO)OC[C@@H]1O. The van der Waals surface area contributed by atoms with Crippen LogP contribution < -0.4 is 0 Å². The second kappa shape index (κ2) is 13.9. The second-order valence-corrected chi connectivity index (χ2v) is 7.46. The number of hydrogen-bond acceptors (Lipinski definition) is 6. The summed E-state index contributed by atoms with van der Waals surface area (Å²) in [6.45, 7) is 1.90. The lowest BCUT2D eigenvalue weighted by atomic mass is 10.1. The maximum absolute atomic E-state index is 9.90. The molecule has 1 fully saturated rings. The van der Waals surface area contributed by atoms with Gasteiger partial charge < -0.3 is 24.8 Å². The highest BCUT2D eigenvalue weighted by Gasteiger charge is 2.42. The molecule has 1 aliphatic heterocycles. The van der Waals surface area contributed by atoms with Crippen LogP contribution in [0.3, 0.4) is 0 Å². The van der Waals surface area contributed by atoms with Crippen molar-refractivity contribution < 1.29 is 24.8 Å². The van der Waals surface area contributed by atoms with E-state index in [1.165, 1.54) is 51.4 Å². The van der Waals surface area contributed by atoms with Gasteiger partial charge >= 0.3 is 0 Å². The Balaban J connectivity index is 2.06. The van der Waals surface area contributed by atoms with E-state index in [4.69, 9.17) is 26.8 Å². The first-order valence-corrected chi connectivity index (χ1v) is 10.3. The molecule has 0 amide bonds. The van der Waals surface area contributed by atoms with E-state index in [0.717, 1.165) is 12.8 Å². The molecule has 1 rings (SSSR count). The minimum absolute atomic E-state index is 0.0905. The standard InChI is InChI=1S/C19H36O5S/c1-2-3-4-5-6-7-8-9-10-11-12-17(25)24-19-16(22)14-23-18(19)15(21)13-20/h15-16,18-22H,2-14H2,1H3/t15-,16+,18+,19+/m1/s1. The molecule has 5 nitrogen and oxygen atoms in total. The van der Waals surface area contributed by atoms with E-state index < -0.39 is 31.0 Å². The predicted octanol–water partition coefficient (Wildman–Crippen LogP) is 3.12. The summed E-state index contributed by atoms with van der Waals surface area (Å²) in [5.41, 5.74) is 0. The molecular formula is C19H36O5S. The number of ether oxygens (including phenoxy) is 2. The van der Waals surface area contributed by atoms with Crippen LogP contribution in [0.15, 0.2) is 0 Å². The Morgan fingerprint density at radius 2 is 1.64 bits per heavy atom. The Bertz CT molecular complexity index is 353. The Morgan fingerprint density at radius 1 is 1.08 bits per heavy atom. The van der Waals surface area contributed by atoms with E-state index in [9.17, 15) is 10.2 Å². The zero-order valence-electron chi connectivity index (χ0n) is 15.6. The molecule has 0 unspecified atom stereocenters. The summed E-state index contributed by atoms with van der Waals surface area (Å²) in [5, 5.41) is 29.1. The molecule has 0 spiro atoms. The van der Waals surface area contributed by atoms with Crippen molar-refractivity contribution in [2.24, 2.45) is 0 Å². The zero-order chi connectivity index (χ0) is 18.5. The van der Waals surface area contributed by atoms with Crippen molar-refractivity contribution in [3.8, 4) is 0 Å². The molecule has 0 aliphatic carbocycles. The molecule has 0 saturated carbocycles. The summed E-state index contributed by atoms with van der Waals surface area (Å²) >= 11 is 5.25. The Hall–Kier alpha value is -0.270. The van der Waals surface area contributed by atoms with Crippen molar-refractivity contribution in [1.29, 1.82) is 0 Å². The van der Waals surface area contributed by atoms with Crippen molar-refractivity contribution in [2.45, 2.75) is 102 Å². The predicted molar refractivity (Wildman–Crippen MR) is 103 cm³/mol. The number of aliphatic hydroxyl groups excluding tert-OH is 3. The average molecular weight is 377 g/mol. The van der Waals surface area contributed by atoms with Gasteiger partial charge in [-0.15, -0.1) is 0 Å². The lowest BCUT2D eigenvalue weighted by Crippen LogP contribution is -2.43. The van der Waals surface area contributed by atoms with Gasteiger partial charge in [-0.3, -0.25) is 0 Å². The fraction of sp³-hybridized carbons (Fsp3) is 0.947. The highest BCUT2D eigenvalue weighted by Crippen LogP contribution is 2.22. The fourth-order valence-electron chi connectivity index (χ4n) is 3.17. The molecule has 0 bridgehead atoms. The van der Waals surface area contributed by atoms with Crippen molar-refractivity contribution in [2.75, 3.05) is 13.2 Å². The smallest absolute Gasteiger partial charge is 0.160 e. The molecule has 1 saturated heterocycles. The van der Waals surface area contributed by atoms with E-state index in [1.54, 1.807) is 0 Å². The van der Waals surface area contributed by atoms with E-state index in [-0.39, 0.29) is 6.61 Å². The third-order valence-corrected chi connectivity index (χ3v) is 5.03. The maximum atomic E-state index is 9.90. The van der Waals surface area contributed by atoms with Gasteiger partial charge in [0.1, 0.15) is 18.3 Å². The molecule has 25 heavy (non-hydrogen) atoms. The molecule has 0 radical (unpaired) electrons. The van der Waals surface area contributed by atoms with Crippen LogP contribution in [0.25, 0.3) is 0 Å². The molecule has 1 heterocycles. The monoisotopic (exact) mass is 376 g/mol. The van der Waals surface area contributed by atoms with E-state index in [1.807, 2.05) is 0 Å². The third kappa shape index (κ3) is 9.29. The second-order valence-electron chi connectivity index (χ2n) is 7.00. The first-order valence-electron chi connectivity index (χ1n) is 9.88. The summed E-state index contributed by atoms with van der Waals surface area (Å²) in [5.74, 6) is 0. The summed E-state index contributed by atoms with van der Waals surface area (Å²) in [6.07, 6.45) is 10.0. The van der Waals surface area contributed by atoms with Crippen LogP contribution >= 0.6 is 12.2 Å². The first-order chi connectivity index (χ1) is 12.1. The highest BCUT2D eigenvalue weighted by atomic mass is 32.1. The van der Waals surface area contributed by atoms with Gasteiger partial charge in [-0.2, -0.15) is 0 Å². The van der Waals surface area contributed by atoms with Crippen LogP contribution in [0.1, 0.15) is 77.6 Å². The van der Waals surface area contributed by atoms with Gasteiger partial charge in [0.25, 0.3) is 0 Å². The van der Waals surface area contributed by atoms with Crippen LogP contribution in [0.4, 0.5) is 0 Å². The van der Waals surface area contributed by atoms with Crippen molar-refractivity contribution in [1.82, 2.24) is 0 Å². The first kappa shape index (κ1) is 22.8. The molecule has 0 aromatic rings. The Labute approximate surface area is 157 Å². The quantitative estimate of drug-likeness (QED) is 0.319. The molecular weight excluding hydrogens is 340 g/mol. The van der Waals surface area contributed by atoms with E-state index in [2.05, 4.69) is 6.92 Å². The minimum Gasteiger partial charge on any atom is -0.478 e. The molecule has 148 valence electrons. The van der Waals surface area contributed by atoms with Crippen LogP contribution in [-0.2, 0) is 9.47 Å². The average Bonchev–Trinajstić information content (AvgIpc) is 2.96. The number of hydrogen-bond donors (Lipinski definition) is 3. The topological polar surface area (TPSA) is 79.2 Å². The van der Waals surface area contributed by atoms with Gasteiger partial charge in [0.15, 0.2) is 11.2 Å². The summed E-state index contributed by atoms with van der Waals surface area (Å²) < 4.78 is 10.9. The van der Waals surface area contributed by atoms with Crippen LogP contribution in [0, 0.1) is 0 Å². The summed E-state index contributed by atoms with van der Waals surface area (Å²) in [4.78, 5) is 0. The largest absolute Gasteiger partial charge is 0.478 e. The minimum atomic E-state index is -1.07. The van der Waals surface area contributed by atoms with Crippen LogP contribution in [-0.4, -0.2) is 58.0 Å². The molecule has 0 aromatic heterocycles. The normalized spacial score (nSPS) is 24.4. The van der Waals surface area contributed by atoms with E-state index in [0.29, 0.717) is 11.5 Å². The summed E-state index contributed by atoms with van der Waals surface area (Å²) in [6, 6.07) is 0. The van der Waals surface area contributed by atoms with E-state index >= 15 is 0 Å². The molecule has 0 aromatic carbocycles. The van der Waals surface area contributed by atoms with Gasteiger partial charge in [0.05, 0.1) is 13.2 Å². The third-order valence-electron chi connectivity index (χ3n) is 4.73. The van der Waals surface area contributed by atoms with Crippen molar-refractivity contribution >= 4 is 17.3 Å². The number of unbranched alkanes of at least 4 members (excludes halogenated alkanes) is 9. The number of aliphatic hydroxyl groups is 3. The number of rotatable bonds is 14. The Morgan fingerprint density at radius 3 is 2.20 bits per heavy atom. The lowest BCUT2D eigenvalue weighted by molar-refractivity contribution is -0.0642. The van der Waals surface area contributed by atoms with Gasteiger partial charge in [-0.1, -0.05) is 64.7 Å². The lowest BCUT2D eigenvalue weighted by Gasteiger charge is -2.24. The van der Waals surface area contributed by atoms with Crippen molar-refractivity contribution in [3.63, 3.8) is 0 Å². The molecule has 3 N–H and O–H groups in total. The summed E-state index contributed by atoms with van der Waals surface area (Å²) in [7, 11) is 0. The van der Waals surface area contributed by atoms with Gasteiger partial charge in [0, 0.05) is 6.42 Å². The molecule has 6 heteroatoms. The molecule has 1 aliphatic rings. The molecule has 4 atom stereocenters. The van der Waals surface area contributed by atoms with Gasteiger partial charge in [0.2, 0.25) is 0 Å². The zero-order valence-corrected chi connectivity index (χ0v) is 16.4. The van der Waals surface area contributed by atoms with Crippen molar-refractivity contribution in [3.05, 3.63) is 0 Å². The van der Waals surface area contributed by atoms with Crippen LogP contribution in [0.2, 0.25) is 0 Å². The highest BCUT2D eigenvalue weighted by molar-refractivity contribution is 7.80. The fourth-order valence-corrected chi connectivity index (χ4v) is 3.42. The Kier molecular flexibility index (Phi) is 12.6. The van der Waals surface area contributed by atoms with Gasteiger partial charge in [-0.05, 0) is 18.6 Å². The maximum Gasteiger partial charge on any atom is 0.160 e.